The zero-order valence-electron chi connectivity index (χ0n) is 14.6. The summed E-state index contributed by atoms with van der Waals surface area (Å²) < 4.78 is 25.2. The number of nitrogens with zero attached hydrogens (tertiary/aromatic N) is 1. The summed E-state index contributed by atoms with van der Waals surface area (Å²) in [4.78, 5) is 12.2. The fourth-order valence-corrected chi connectivity index (χ4v) is 3.28. The molecule has 0 spiro atoms. The Hall–Kier alpha value is -2.18. The van der Waals surface area contributed by atoms with Crippen LogP contribution in [0.1, 0.15) is 17.5 Å². The summed E-state index contributed by atoms with van der Waals surface area (Å²) in [6.07, 6.45) is 1.78. The van der Waals surface area contributed by atoms with Crippen LogP contribution in [0.2, 0.25) is 0 Å². The fourth-order valence-electron chi connectivity index (χ4n) is 2.38. The zero-order valence-corrected chi connectivity index (χ0v) is 15.4. The lowest BCUT2D eigenvalue weighted by Crippen LogP contribution is -2.25. The maximum absolute atomic E-state index is 12.0. The van der Waals surface area contributed by atoms with Crippen molar-refractivity contribution in [1.29, 1.82) is 0 Å². The predicted octanol–water partition coefficient (Wildman–Crippen LogP) is 2.23. The van der Waals surface area contributed by atoms with Crippen molar-refractivity contribution in [2.24, 2.45) is 0 Å². The van der Waals surface area contributed by atoms with Gasteiger partial charge in [0.2, 0.25) is 15.9 Å². The number of amides is 1. The average Bonchev–Trinajstić information content (AvgIpc) is 2.61. The van der Waals surface area contributed by atoms with Gasteiger partial charge in [0.05, 0.1) is 4.90 Å². The van der Waals surface area contributed by atoms with E-state index in [2.05, 4.69) is 5.32 Å². The lowest BCUT2D eigenvalue weighted by Gasteiger charge is -2.11. The van der Waals surface area contributed by atoms with E-state index in [1.807, 2.05) is 30.3 Å². The van der Waals surface area contributed by atoms with Crippen LogP contribution in [0.3, 0.4) is 0 Å². The van der Waals surface area contributed by atoms with E-state index in [1.54, 1.807) is 24.3 Å². The Balaban J connectivity index is 1.78. The third kappa shape index (κ3) is 5.69. The number of nitrogens with one attached hydrogen (secondary N) is 1. The van der Waals surface area contributed by atoms with E-state index in [0.717, 1.165) is 12.0 Å². The van der Waals surface area contributed by atoms with Gasteiger partial charge in [0.15, 0.2) is 0 Å². The van der Waals surface area contributed by atoms with E-state index in [-0.39, 0.29) is 10.8 Å². The molecule has 1 amide bonds. The third-order valence-corrected chi connectivity index (χ3v) is 5.75. The van der Waals surface area contributed by atoms with E-state index < -0.39 is 10.0 Å². The minimum Gasteiger partial charge on any atom is -0.356 e. The van der Waals surface area contributed by atoms with Gasteiger partial charge >= 0.3 is 0 Å². The quantitative estimate of drug-likeness (QED) is 0.785. The number of hydrogen-bond donors (Lipinski definition) is 1. The highest BCUT2D eigenvalue weighted by Crippen LogP contribution is 2.14. The van der Waals surface area contributed by atoms with E-state index in [1.165, 1.54) is 24.0 Å². The highest BCUT2D eigenvalue weighted by atomic mass is 32.2. The second-order valence-corrected chi connectivity index (χ2v) is 8.17. The van der Waals surface area contributed by atoms with Gasteiger partial charge in [0, 0.05) is 27.1 Å². The Labute approximate surface area is 149 Å². The Bertz CT molecular complexity index is 785. The molecule has 2 rings (SSSR count). The fraction of sp³-hybridized carbons (Fsp3) is 0.316. The summed E-state index contributed by atoms with van der Waals surface area (Å²) in [6, 6.07) is 16.7. The number of aryl methyl sites for hydroxylation is 1. The topological polar surface area (TPSA) is 66.5 Å². The van der Waals surface area contributed by atoms with Gasteiger partial charge in [-0.15, -0.1) is 0 Å². The maximum Gasteiger partial charge on any atom is 0.242 e. The van der Waals surface area contributed by atoms with Crippen LogP contribution in [0.5, 0.6) is 0 Å². The number of sulfonamides is 1. The summed E-state index contributed by atoms with van der Waals surface area (Å²) >= 11 is 0. The summed E-state index contributed by atoms with van der Waals surface area (Å²) in [6.45, 7) is 0.614. The number of carbonyl (C=O) groups excluding carboxylic acids is 1. The minimum atomic E-state index is -3.41. The lowest BCUT2D eigenvalue weighted by molar-refractivity contribution is -0.121. The van der Waals surface area contributed by atoms with Crippen LogP contribution in [0.15, 0.2) is 59.5 Å². The molecule has 0 aliphatic heterocycles. The van der Waals surface area contributed by atoms with Crippen molar-refractivity contribution in [3.63, 3.8) is 0 Å². The van der Waals surface area contributed by atoms with E-state index in [9.17, 15) is 13.2 Å². The normalized spacial score (nSPS) is 11.5. The van der Waals surface area contributed by atoms with Crippen LogP contribution in [0.25, 0.3) is 0 Å². The molecule has 0 bridgehead atoms. The largest absolute Gasteiger partial charge is 0.356 e. The average molecular weight is 360 g/mol. The van der Waals surface area contributed by atoms with Gasteiger partial charge in [-0.3, -0.25) is 4.79 Å². The van der Waals surface area contributed by atoms with Gasteiger partial charge in [0.1, 0.15) is 0 Å². The molecule has 134 valence electrons. The van der Waals surface area contributed by atoms with Crippen LogP contribution in [-0.4, -0.2) is 39.3 Å². The van der Waals surface area contributed by atoms with Crippen molar-refractivity contribution in [3.8, 4) is 0 Å². The van der Waals surface area contributed by atoms with Gasteiger partial charge in [-0.25, -0.2) is 12.7 Å². The van der Waals surface area contributed by atoms with Crippen molar-refractivity contribution in [2.45, 2.75) is 24.2 Å². The molecular formula is C19H24N2O3S. The second-order valence-electron chi connectivity index (χ2n) is 6.02. The zero-order chi connectivity index (χ0) is 18.3. The smallest absolute Gasteiger partial charge is 0.242 e. The molecule has 0 aromatic heterocycles. The van der Waals surface area contributed by atoms with Gasteiger partial charge in [-0.05, 0) is 36.1 Å². The first-order valence-corrected chi connectivity index (χ1v) is 9.65. The molecule has 0 atom stereocenters. The van der Waals surface area contributed by atoms with Gasteiger partial charge in [-0.1, -0.05) is 42.5 Å². The summed E-state index contributed by atoms with van der Waals surface area (Å²) in [5.74, 6) is 0.000853. The van der Waals surface area contributed by atoms with Crippen molar-refractivity contribution in [3.05, 3.63) is 65.7 Å². The summed E-state index contributed by atoms with van der Waals surface area (Å²) in [7, 11) is -0.403. The molecule has 25 heavy (non-hydrogen) atoms. The molecule has 0 aliphatic rings. The van der Waals surface area contributed by atoms with Crippen LogP contribution < -0.4 is 5.32 Å². The molecule has 0 saturated carbocycles. The lowest BCUT2D eigenvalue weighted by atomic mass is 10.1. The third-order valence-electron chi connectivity index (χ3n) is 3.92. The molecule has 0 unspecified atom stereocenters. The Morgan fingerprint density at radius 3 is 2.12 bits per heavy atom. The second kappa shape index (κ2) is 8.78. The SMILES string of the molecule is CN(C)S(=O)(=O)c1ccc(CCC(=O)NCCc2ccccc2)cc1. The van der Waals surface area contributed by atoms with Gasteiger partial charge in [-0.2, -0.15) is 0 Å². The Morgan fingerprint density at radius 1 is 0.920 bits per heavy atom. The molecule has 0 radical (unpaired) electrons. The maximum atomic E-state index is 12.0. The van der Waals surface area contributed by atoms with E-state index >= 15 is 0 Å². The van der Waals surface area contributed by atoms with Crippen molar-refractivity contribution >= 4 is 15.9 Å². The standard InChI is InChI=1S/C19H24N2O3S/c1-21(2)25(23,24)18-11-8-17(9-12-18)10-13-19(22)20-15-14-16-6-4-3-5-7-16/h3-9,11-12H,10,13-15H2,1-2H3,(H,20,22). The summed E-state index contributed by atoms with van der Waals surface area (Å²) in [5.41, 5.74) is 2.14. The highest BCUT2D eigenvalue weighted by Gasteiger charge is 2.16. The van der Waals surface area contributed by atoms with Crippen LogP contribution in [-0.2, 0) is 27.7 Å². The molecule has 6 heteroatoms. The number of rotatable bonds is 8. The molecule has 0 aliphatic carbocycles. The first kappa shape index (κ1) is 19.1. The molecule has 1 N–H and O–H groups in total. The van der Waals surface area contributed by atoms with Crippen LogP contribution in [0.4, 0.5) is 0 Å². The van der Waals surface area contributed by atoms with Crippen molar-refractivity contribution in [2.75, 3.05) is 20.6 Å². The molecule has 0 fully saturated rings. The number of carbonyl (C=O) groups is 1. The van der Waals surface area contributed by atoms with Crippen molar-refractivity contribution < 1.29 is 13.2 Å². The van der Waals surface area contributed by atoms with Gasteiger partial charge < -0.3 is 5.32 Å². The molecule has 2 aromatic carbocycles. The van der Waals surface area contributed by atoms with Crippen LogP contribution in [0, 0.1) is 0 Å². The molecule has 0 heterocycles. The highest BCUT2D eigenvalue weighted by molar-refractivity contribution is 7.89. The minimum absolute atomic E-state index is 0.000853. The van der Waals surface area contributed by atoms with E-state index in [0.29, 0.717) is 19.4 Å². The predicted molar refractivity (Wildman–Crippen MR) is 98.8 cm³/mol. The monoisotopic (exact) mass is 360 g/mol. The first-order valence-electron chi connectivity index (χ1n) is 8.21. The molecule has 0 saturated heterocycles. The van der Waals surface area contributed by atoms with Crippen LogP contribution >= 0.6 is 0 Å². The Morgan fingerprint density at radius 2 is 1.52 bits per heavy atom. The van der Waals surface area contributed by atoms with E-state index in [4.69, 9.17) is 0 Å². The van der Waals surface area contributed by atoms with Crippen molar-refractivity contribution in [1.82, 2.24) is 9.62 Å². The molecule has 5 nitrogen and oxygen atoms in total. The molecular weight excluding hydrogens is 336 g/mol. The number of benzene rings is 2. The summed E-state index contributed by atoms with van der Waals surface area (Å²) in [5, 5.41) is 2.91. The first-order chi connectivity index (χ1) is 11.9. The molecule has 2 aromatic rings. The number of hydrogen-bond acceptors (Lipinski definition) is 3. The van der Waals surface area contributed by atoms with Gasteiger partial charge in [0.25, 0.3) is 0 Å². The Kier molecular flexibility index (Phi) is 6.73.